The molecule has 26 heavy (non-hydrogen) atoms. The zero-order valence-electron chi connectivity index (χ0n) is 14.9. The topological polar surface area (TPSA) is 73.8 Å². The summed E-state index contributed by atoms with van der Waals surface area (Å²) in [4.78, 5) is 30.1. The minimum absolute atomic E-state index is 0. The van der Waals surface area contributed by atoms with Crippen LogP contribution >= 0.6 is 24.0 Å². The van der Waals surface area contributed by atoms with E-state index in [1.807, 2.05) is 0 Å². The summed E-state index contributed by atoms with van der Waals surface area (Å²) in [6.45, 7) is 1.20. The standard InChI is InChI=1S/C19H24N4O2.HI/c1-20-19(22-14-8-2-3-9-14)21-12-6-7-13-23-17(24)15-10-4-5-11-16(15)18(23)25;/h2-5,10-11,14H,6-9,12-13H2,1H3,(H2,20,21,22);1H. The predicted molar refractivity (Wildman–Crippen MR) is 113 cm³/mol. The molecule has 140 valence electrons. The second-order valence-electron chi connectivity index (χ2n) is 6.30. The average molecular weight is 468 g/mol. The summed E-state index contributed by atoms with van der Waals surface area (Å²) < 4.78 is 0. The van der Waals surface area contributed by atoms with Gasteiger partial charge in [0.05, 0.1) is 11.1 Å². The van der Waals surface area contributed by atoms with Gasteiger partial charge in [0.25, 0.3) is 11.8 Å². The van der Waals surface area contributed by atoms with Crippen LogP contribution in [0.4, 0.5) is 0 Å². The summed E-state index contributed by atoms with van der Waals surface area (Å²) >= 11 is 0. The molecule has 7 heteroatoms. The Bertz CT molecular complexity index is 674. The quantitative estimate of drug-likeness (QED) is 0.168. The number of guanidine groups is 1. The summed E-state index contributed by atoms with van der Waals surface area (Å²) in [5.41, 5.74) is 1.03. The summed E-state index contributed by atoms with van der Waals surface area (Å²) in [6.07, 6.45) is 8.03. The zero-order valence-corrected chi connectivity index (χ0v) is 17.2. The van der Waals surface area contributed by atoms with E-state index in [0.717, 1.165) is 38.2 Å². The smallest absolute Gasteiger partial charge is 0.261 e. The van der Waals surface area contributed by atoms with Crippen LogP contribution in [0, 0.1) is 0 Å². The number of halogens is 1. The van der Waals surface area contributed by atoms with Gasteiger partial charge in [0.15, 0.2) is 5.96 Å². The first-order chi connectivity index (χ1) is 12.2. The number of aliphatic imine (C=N–C) groups is 1. The SMILES string of the molecule is CN=C(NCCCCN1C(=O)c2ccccc2C1=O)NC1CC=CC1.I. The minimum atomic E-state index is -0.181. The lowest BCUT2D eigenvalue weighted by atomic mass is 10.1. The van der Waals surface area contributed by atoms with E-state index in [-0.39, 0.29) is 35.8 Å². The van der Waals surface area contributed by atoms with Gasteiger partial charge in [-0.05, 0) is 37.8 Å². The van der Waals surface area contributed by atoms with Crippen molar-refractivity contribution in [1.29, 1.82) is 0 Å². The van der Waals surface area contributed by atoms with Crippen molar-refractivity contribution in [1.82, 2.24) is 15.5 Å². The van der Waals surface area contributed by atoms with Crippen molar-refractivity contribution >= 4 is 41.8 Å². The summed E-state index contributed by atoms with van der Waals surface area (Å²) in [7, 11) is 1.76. The molecule has 3 rings (SSSR count). The maximum atomic E-state index is 12.3. The largest absolute Gasteiger partial charge is 0.356 e. The Morgan fingerprint density at radius 1 is 1.12 bits per heavy atom. The van der Waals surface area contributed by atoms with Gasteiger partial charge < -0.3 is 10.6 Å². The third-order valence-electron chi connectivity index (χ3n) is 4.55. The van der Waals surface area contributed by atoms with E-state index >= 15 is 0 Å². The van der Waals surface area contributed by atoms with Gasteiger partial charge >= 0.3 is 0 Å². The number of rotatable bonds is 6. The lowest BCUT2D eigenvalue weighted by Crippen LogP contribution is -2.42. The number of benzene rings is 1. The van der Waals surface area contributed by atoms with Crippen molar-refractivity contribution in [2.24, 2.45) is 4.99 Å². The van der Waals surface area contributed by atoms with Crippen LogP contribution in [0.25, 0.3) is 0 Å². The molecule has 2 amide bonds. The number of nitrogens with zero attached hydrogens (tertiary/aromatic N) is 2. The maximum absolute atomic E-state index is 12.3. The van der Waals surface area contributed by atoms with Crippen LogP contribution in [0.5, 0.6) is 0 Å². The van der Waals surface area contributed by atoms with Crippen LogP contribution in [-0.4, -0.2) is 48.9 Å². The molecule has 2 N–H and O–H groups in total. The molecule has 0 aromatic heterocycles. The molecule has 1 aromatic rings. The Balaban J connectivity index is 0.00000243. The molecule has 0 saturated heterocycles. The lowest BCUT2D eigenvalue weighted by molar-refractivity contribution is 0.0652. The molecule has 1 aromatic carbocycles. The second-order valence-corrected chi connectivity index (χ2v) is 6.30. The van der Waals surface area contributed by atoms with Crippen LogP contribution in [-0.2, 0) is 0 Å². The van der Waals surface area contributed by atoms with Gasteiger partial charge in [-0.3, -0.25) is 19.5 Å². The highest BCUT2D eigenvalue weighted by molar-refractivity contribution is 14.0. The van der Waals surface area contributed by atoms with Gasteiger partial charge in [0.2, 0.25) is 0 Å². The first-order valence-electron chi connectivity index (χ1n) is 8.78. The number of hydrogen-bond donors (Lipinski definition) is 2. The zero-order chi connectivity index (χ0) is 17.6. The molecule has 0 atom stereocenters. The molecule has 1 aliphatic carbocycles. The first-order valence-corrected chi connectivity index (χ1v) is 8.78. The van der Waals surface area contributed by atoms with Crippen molar-refractivity contribution in [3.05, 3.63) is 47.5 Å². The van der Waals surface area contributed by atoms with Crippen LogP contribution in [0.15, 0.2) is 41.4 Å². The van der Waals surface area contributed by atoms with Gasteiger partial charge in [-0.15, -0.1) is 24.0 Å². The molecule has 2 aliphatic rings. The predicted octanol–water partition coefficient (Wildman–Crippen LogP) is 2.56. The molecule has 0 bridgehead atoms. The van der Waals surface area contributed by atoms with Gasteiger partial charge in [-0.2, -0.15) is 0 Å². The number of imide groups is 1. The van der Waals surface area contributed by atoms with E-state index < -0.39 is 0 Å². The number of amides is 2. The van der Waals surface area contributed by atoms with Crippen molar-refractivity contribution in [2.75, 3.05) is 20.1 Å². The fraction of sp³-hybridized carbons (Fsp3) is 0.421. The van der Waals surface area contributed by atoms with E-state index in [1.54, 1.807) is 31.3 Å². The summed E-state index contributed by atoms with van der Waals surface area (Å²) in [5, 5.41) is 6.67. The Morgan fingerprint density at radius 3 is 2.31 bits per heavy atom. The highest BCUT2D eigenvalue weighted by atomic mass is 127. The average Bonchev–Trinajstić information content (AvgIpc) is 3.23. The lowest BCUT2D eigenvalue weighted by Gasteiger charge is -2.17. The number of nitrogens with one attached hydrogen (secondary N) is 2. The van der Waals surface area contributed by atoms with Crippen LogP contribution in [0.3, 0.4) is 0 Å². The molecule has 6 nitrogen and oxygen atoms in total. The Labute approximate surface area is 171 Å². The van der Waals surface area contributed by atoms with Crippen molar-refractivity contribution < 1.29 is 9.59 Å². The van der Waals surface area contributed by atoms with E-state index in [4.69, 9.17) is 0 Å². The minimum Gasteiger partial charge on any atom is -0.356 e. The summed E-state index contributed by atoms with van der Waals surface area (Å²) in [5.74, 6) is 0.439. The van der Waals surface area contributed by atoms with Crippen LogP contribution in [0.1, 0.15) is 46.4 Å². The van der Waals surface area contributed by atoms with Crippen molar-refractivity contribution in [3.8, 4) is 0 Å². The van der Waals surface area contributed by atoms with E-state index in [0.29, 0.717) is 23.7 Å². The Hall–Kier alpha value is -1.90. The van der Waals surface area contributed by atoms with Crippen LogP contribution in [0.2, 0.25) is 0 Å². The Morgan fingerprint density at radius 2 is 1.73 bits per heavy atom. The Kier molecular flexibility index (Phi) is 7.62. The fourth-order valence-electron chi connectivity index (χ4n) is 3.17. The van der Waals surface area contributed by atoms with E-state index in [2.05, 4.69) is 27.8 Å². The number of unbranched alkanes of at least 4 members (excludes halogenated alkanes) is 1. The molecule has 1 aliphatic heterocycles. The number of carbonyl (C=O) groups excluding carboxylic acids is 2. The molecule has 0 saturated carbocycles. The third kappa shape index (κ3) is 4.63. The molecule has 0 unspecified atom stereocenters. The maximum Gasteiger partial charge on any atom is 0.261 e. The molecule has 1 heterocycles. The second kappa shape index (κ2) is 9.70. The van der Waals surface area contributed by atoms with Gasteiger partial charge in [-0.25, -0.2) is 0 Å². The van der Waals surface area contributed by atoms with E-state index in [1.165, 1.54) is 4.90 Å². The number of fused-ring (bicyclic) bond motifs is 1. The third-order valence-corrected chi connectivity index (χ3v) is 4.55. The highest BCUT2D eigenvalue weighted by Crippen LogP contribution is 2.22. The van der Waals surface area contributed by atoms with Gasteiger partial charge in [0.1, 0.15) is 0 Å². The monoisotopic (exact) mass is 468 g/mol. The van der Waals surface area contributed by atoms with Crippen molar-refractivity contribution in [3.63, 3.8) is 0 Å². The van der Waals surface area contributed by atoms with Crippen molar-refractivity contribution in [2.45, 2.75) is 31.7 Å². The summed E-state index contributed by atoms with van der Waals surface area (Å²) in [6, 6.07) is 7.42. The molecular formula is C19H25IN4O2. The van der Waals surface area contributed by atoms with Gasteiger partial charge in [-0.1, -0.05) is 24.3 Å². The van der Waals surface area contributed by atoms with Crippen LogP contribution < -0.4 is 10.6 Å². The molecule has 0 radical (unpaired) electrons. The molecular weight excluding hydrogens is 443 g/mol. The van der Waals surface area contributed by atoms with E-state index in [9.17, 15) is 9.59 Å². The number of hydrogen-bond acceptors (Lipinski definition) is 3. The molecule has 0 fully saturated rings. The normalized spacial score (nSPS) is 16.7. The molecule has 0 spiro atoms. The fourth-order valence-corrected chi connectivity index (χ4v) is 3.17. The van der Waals surface area contributed by atoms with Gasteiger partial charge in [0, 0.05) is 26.2 Å². The number of carbonyl (C=O) groups is 2. The first kappa shape index (κ1) is 20.4. The highest BCUT2D eigenvalue weighted by Gasteiger charge is 2.34.